The highest BCUT2D eigenvalue weighted by molar-refractivity contribution is 7.99. The van der Waals surface area contributed by atoms with Crippen LogP contribution in [0.25, 0.3) is 11.0 Å². The number of rotatable bonds is 5. The zero-order chi connectivity index (χ0) is 13.1. The molecule has 1 aliphatic rings. The minimum absolute atomic E-state index is 0.995. The minimum atomic E-state index is 0.995. The summed E-state index contributed by atoms with van der Waals surface area (Å²) in [6.07, 6.45) is 5.34. The number of thioether (sulfide) groups is 1. The summed E-state index contributed by atoms with van der Waals surface area (Å²) >= 11 is 1.86. The van der Waals surface area contributed by atoms with E-state index in [1.54, 1.807) is 0 Å². The summed E-state index contributed by atoms with van der Waals surface area (Å²) < 4.78 is 2.35. The van der Waals surface area contributed by atoms with Gasteiger partial charge in [0, 0.05) is 6.54 Å². The largest absolute Gasteiger partial charge is 0.305 e. The molecule has 0 aliphatic carbocycles. The molecule has 0 spiro atoms. The molecule has 0 saturated heterocycles. The number of para-hydroxylation sites is 2. The summed E-state index contributed by atoms with van der Waals surface area (Å²) in [5.41, 5.74) is 2.39. The highest BCUT2D eigenvalue weighted by Crippen LogP contribution is 2.29. The van der Waals surface area contributed by atoms with Crippen LogP contribution in [0, 0.1) is 0 Å². The second-order valence-corrected chi connectivity index (χ2v) is 6.09. The molecule has 0 fully saturated rings. The van der Waals surface area contributed by atoms with Crippen molar-refractivity contribution in [3.63, 3.8) is 0 Å². The third kappa shape index (κ3) is 2.79. The van der Waals surface area contributed by atoms with Gasteiger partial charge in [0.05, 0.1) is 23.6 Å². The molecule has 0 radical (unpaired) electrons. The van der Waals surface area contributed by atoms with Crippen LogP contribution < -0.4 is 0 Å². The molecule has 102 valence electrons. The lowest BCUT2D eigenvalue weighted by Crippen LogP contribution is -2.31. The van der Waals surface area contributed by atoms with E-state index in [-0.39, 0.29) is 0 Å². The number of hydrogen-bond acceptors (Lipinski definition) is 3. The molecule has 0 bridgehead atoms. The Balaban J connectivity index is 1.69. The van der Waals surface area contributed by atoms with Gasteiger partial charge in [-0.05, 0) is 18.6 Å². The predicted octanol–water partition coefficient (Wildman–Crippen LogP) is 3.94. The van der Waals surface area contributed by atoms with Crippen LogP contribution in [0.2, 0.25) is 0 Å². The average Bonchev–Trinajstić information content (AvgIpc) is 2.82. The topological polar surface area (TPSA) is 21.1 Å². The van der Waals surface area contributed by atoms with Gasteiger partial charge >= 0.3 is 0 Å². The first-order chi connectivity index (χ1) is 9.38. The van der Waals surface area contributed by atoms with Crippen molar-refractivity contribution in [3.05, 3.63) is 24.3 Å². The monoisotopic (exact) mass is 275 g/mol. The summed E-state index contributed by atoms with van der Waals surface area (Å²) in [5.74, 6) is 1.08. The molecule has 1 aromatic carbocycles. The van der Waals surface area contributed by atoms with E-state index in [2.05, 4.69) is 40.7 Å². The second-order valence-electron chi connectivity index (χ2n) is 5.18. The molecule has 4 heteroatoms. The van der Waals surface area contributed by atoms with Crippen LogP contribution in [0.3, 0.4) is 0 Å². The first-order valence-electron chi connectivity index (χ1n) is 7.19. The van der Waals surface area contributed by atoms with E-state index in [0.29, 0.717) is 0 Å². The van der Waals surface area contributed by atoms with Gasteiger partial charge in [-0.25, -0.2) is 4.98 Å². The van der Waals surface area contributed by atoms with Gasteiger partial charge in [-0.1, -0.05) is 50.1 Å². The summed E-state index contributed by atoms with van der Waals surface area (Å²) in [6, 6.07) is 8.44. The zero-order valence-electron chi connectivity index (χ0n) is 11.5. The fraction of sp³-hybridized carbons (Fsp3) is 0.533. The molecule has 0 atom stereocenters. The van der Waals surface area contributed by atoms with Crippen molar-refractivity contribution in [1.82, 2.24) is 14.5 Å². The van der Waals surface area contributed by atoms with Crippen molar-refractivity contribution >= 4 is 22.8 Å². The molecule has 1 aromatic heterocycles. The van der Waals surface area contributed by atoms with Gasteiger partial charge in [0.25, 0.3) is 0 Å². The van der Waals surface area contributed by atoms with Crippen molar-refractivity contribution in [3.8, 4) is 0 Å². The maximum absolute atomic E-state index is 4.70. The maximum Gasteiger partial charge on any atom is 0.171 e. The van der Waals surface area contributed by atoms with Crippen LogP contribution in [-0.2, 0) is 6.67 Å². The van der Waals surface area contributed by atoms with Crippen LogP contribution >= 0.6 is 11.8 Å². The zero-order valence-corrected chi connectivity index (χ0v) is 12.3. The van der Waals surface area contributed by atoms with E-state index >= 15 is 0 Å². The van der Waals surface area contributed by atoms with Gasteiger partial charge in [0.15, 0.2) is 5.16 Å². The van der Waals surface area contributed by atoms with E-state index in [1.807, 2.05) is 11.8 Å². The van der Waals surface area contributed by atoms with E-state index in [0.717, 1.165) is 18.1 Å². The van der Waals surface area contributed by atoms with Gasteiger partial charge in [-0.3, -0.25) is 4.90 Å². The molecule has 0 saturated carbocycles. The molecule has 0 unspecified atom stereocenters. The van der Waals surface area contributed by atoms with Crippen molar-refractivity contribution in [1.29, 1.82) is 0 Å². The van der Waals surface area contributed by atoms with E-state index < -0.39 is 0 Å². The summed E-state index contributed by atoms with van der Waals surface area (Å²) in [7, 11) is 0. The smallest absolute Gasteiger partial charge is 0.171 e. The highest BCUT2D eigenvalue weighted by atomic mass is 32.2. The Kier molecular flexibility index (Phi) is 4.09. The molecule has 0 N–H and O–H groups in total. The first kappa shape index (κ1) is 13.0. The number of aromatic nitrogens is 2. The number of fused-ring (bicyclic) bond motifs is 3. The molecule has 3 rings (SSSR count). The van der Waals surface area contributed by atoms with Crippen LogP contribution in [0.1, 0.15) is 32.6 Å². The van der Waals surface area contributed by atoms with Gasteiger partial charge in [-0.15, -0.1) is 0 Å². The number of hydrogen-bond donors (Lipinski definition) is 0. The fourth-order valence-electron chi connectivity index (χ4n) is 2.59. The quantitative estimate of drug-likeness (QED) is 0.771. The number of benzene rings is 1. The third-order valence-corrected chi connectivity index (χ3v) is 4.73. The Morgan fingerprint density at radius 1 is 1.21 bits per heavy atom. The van der Waals surface area contributed by atoms with Crippen molar-refractivity contribution in [2.45, 2.75) is 44.4 Å². The minimum Gasteiger partial charge on any atom is -0.305 e. The number of unbranched alkanes of at least 4 members (excludes halogenated alkanes) is 3. The molecule has 2 heterocycles. The summed E-state index contributed by atoms with van der Waals surface area (Å²) in [6.45, 7) is 4.47. The lowest BCUT2D eigenvalue weighted by atomic mass is 10.2. The molecule has 2 aromatic rings. The second kappa shape index (κ2) is 5.97. The van der Waals surface area contributed by atoms with Crippen molar-refractivity contribution in [2.75, 3.05) is 12.4 Å². The Labute approximate surface area is 119 Å². The summed E-state index contributed by atoms with van der Waals surface area (Å²) in [5, 5.41) is 1.17. The maximum atomic E-state index is 4.70. The Morgan fingerprint density at radius 3 is 3.00 bits per heavy atom. The molecular formula is C15H21N3S. The SMILES string of the molecule is CCCCCCN1CSc2nc3ccccc3n2C1. The fourth-order valence-corrected chi connectivity index (χ4v) is 3.57. The standard InChI is InChI=1S/C15H21N3S/c1-2-3-4-7-10-17-11-18-14-9-6-5-8-13(14)16-15(18)19-12-17/h5-6,8-9H,2-4,7,10-12H2,1H3. The molecule has 0 amide bonds. The molecule has 1 aliphatic heterocycles. The average molecular weight is 275 g/mol. The molecule has 3 nitrogen and oxygen atoms in total. The normalized spacial score (nSPS) is 15.8. The van der Waals surface area contributed by atoms with Crippen LogP contribution in [0.15, 0.2) is 29.4 Å². The first-order valence-corrected chi connectivity index (χ1v) is 8.17. The molecule has 19 heavy (non-hydrogen) atoms. The lowest BCUT2D eigenvalue weighted by Gasteiger charge is -2.27. The number of nitrogens with zero attached hydrogens (tertiary/aromatic N) is 3. The van der Waals surface area contributed by atoms with E-state index in [9.17, 15) is 0 Å². The van der Waals surface area contributed by atoms with Crippen LogP contribution in [0.5, 0.6) is 0 Å². The summed E-state index contributed by atoms with van der Waals surface area (Å²) in [4.78, 5) is 7.23. The van der Waals surface area contributed by atoms with Crippen molar-refractivity contribution in [2.24, 2.45) is 0 Å². The highest BCUT2D eigenvalue weighted by Gasteiger charge is 2.19. The Bertz CT molecular complexity index is 549. The van der Waals surface area contributed by atoms with Crippen LogP contribution in [-0.4, -0.2) is 26.9 Å². The van der Waals surface area contributed by atoms with E-state index in [1.165, 1.54) is 42.9 Å². The van der Waals surface area contributed by atoms with Gasteiger partial charge in [0.2, 0.25) is 0 Å². The Morgan fingerprint density at radius 2 is 2.11 bits per heavy atom. The third-order valence-electron chi connectivity index (χ3n) is 3.67. The van der Waals surface area contributed by atoms with Gasteiger partial charge in [-0.2, -0.15) is 0 Å². The number of imidazole rings is 1. The van der Waals surface area contributed by atoms with Crippen LogP contribution in [0.4, 0.5) is 0 Å². The predicted molar refractivity (Wildman–Crippen MR) is 81.3 cm³/mol. The van der Waals surface area contributed by atoms with Gasteiger partial charge < -0.3 is 4.57 Å². The van der Waals surface area contributed by atoms with Gasteiger partial charge in [0.1, 0.15) is 0 Å². The lowest BCUT2D eigenvalue weighted by molar-refractivity contribution is 0.237. The Hall–Kier alpha value is -1.00. The molecular weight excluding hydrogens is 254 g/mol. The van der Waals surface area contributed by atoms with E-state index in [4.69, 9.17) is 4.98 Å². The van der Waals surface area contributed by atoms with Crippen molar-refractivity contribution < 1.29 is 0 Å².